The Labute approximate surface area is 161 Å². The van der Waals surface area contributed by atoms with Crippen LogP contribution in [0.2, 0.25) is 0 Å². The number of esters is 1. The van der Waals surface area contributed by atoms with Crippen LogP contribution in [0.5, 0.6) is 5.75 Å². The lowest BCUT2D eigenvalue weighted by Crippen LogP contribution is -2.20. The van der Waals surface area contributed by atoms with E-state index in [9.17, 15) is 21.6 Å². The lowest BCUT2D eigenvalue weighted by molar-refractivity contribution is 0.0734. The van der Waals surface area contributed by atoms with Crippen LogP contribution in [-0.4, -0.2) is 39.6 Å². The van der Waals surface area contributed by atoms with E-state index in [0.717, 1.165) is 0 Å². The average Bonchev–Trinajstić information content (AvgIpc) is 2.53. The van der Waals surface area contributed by atoms with Gasteiger partial charge in [0.05, 0.1) is 16.7 Å². The highest BCUT2D eigenvalue weighted by Gasteiger charge is 2.11. The van der Waals surface area contributed by atoms with Crippen molar-refractivity contribution in [3.8, 4) is 5.75 Å². The van der Waals surface area contributed by atoms with E-state index in [0.29, 0.717) is 11.9 Å². The molecule has 2 aromatic carbocycles. The SMILES string of the molecule is CS(=O)(=O)O.N=C(N)Nc1ccc(C(=O)Oc2ccc(S(N)(=O)=O)cc2)cc1. The van der Waals surface area contributed by atoms with Crippen LogP contribution in [0, 0.1) is 5.41 Å². The van der Waals surface area contributed by atoms with Crippen molar-refractivity contribution in [2.24, 2.45) is 10.9 Å². The highest BCUT2D eigenvalue weighted by atomic mass is 32.2. The van der Waals surface area contributed by atoms with Gasteiger partial charge in [0.25, 0.3) is 10.1 Å². The molecule has 0 saturated heterocycles. The third-order valence-electron chi connectivity index (χ3n) is 2.76. The van der Waals surface area contributed by atoms with Gasteiger partial charge < -0.3 is 15.8 Å². The summed E-state index contributed by atoms with van der Waals surface area (Å²) in [7, 11) is -7.46. The van der Waals surface area contributed by atoms with E-state index in [1.165, 1.54) is 36.4 Å². The van der Waals surface area contributed by atoms with Crippen LogP contribution in [-0.2, 0) is 20.1 Å². The zero-order chi connectivity index (χ0) is 21.5. The van der Waals surface area contributed by atoms with Crippen LogP contribution in [0.15, 0.2) is 53.4 Å². The second kappa shape index (κ2) is 9.27. The summed E-state index contributed by atoms with van der Waals surface area (Å²) in [6, 6.07) is 11.3. The maximum Gasteiger partial charge on any atom is 0.343 e. The van der Waals surface area contributed by atoms with Crippen LogP contribution in [0.3, 0.4) is 0 Å². The van der Waals surface area contributed by atoms with Crippen molar-refractivity contribution in [1.82, 2.24) is 0 Å². The molecule has 7 N–H and O–H groups in total. The molecule has 2 rings (SSSR count). The van der Waals surface area contributed by atoms with E-state index in [4.69, 9.17) is 25.6 Å². The Morgan fingerprint density at radius 1 is 1.04 bits per heavy atom. The van der Waals surface area contributed by atoms with E-state index in [-0.39, 0.29) is 22.2 Å². The molecule has 0 radical (unpaired) electrons. The molecule has 0 saturated carbocycles. The minimum atomic E-state index is -3.79. The van der Waals surface area contributed by atoms with Crippen molar-refractivity contribution in [3.05, 3.63) is 54.1 Å². The molecule has 0 atom stereocenters. The van der Waals surface area contributed by atoms with E-state index < -0.39 is 26.1 Å². The monoisotopic (exact) mass is 430 g/mol. The Bertz CT molecular complexity index is 1040. The number of carbonyl (C=O) groups excluding carboxylic acids is 1. The van der Waals surface area contributed by atoms with Crippen molar-refractivity contribution in [2.45, 2.75) is 4.90 Å². The minimum Gasteiger partial charge on any atom is -0.423 e. The fraction of sp³-hybridized carbons (Fsp3) is 0.0667. The standard InChI is InChI=1S/C14H14N4O4S.CH4O3S/c15-14(16)18-10-3-1-9(2-4-10)13(19)22-11-5-7-12(8-6-11)23(17,20)21;1-5(2,3)4/h1-8H,(H4,15,16,18)(H2,17,20,21);1H3,(H,2,3,4). The third kappa shape index (κ3) is 9.09. The summed E-state index contributed by atoms with van der Waals surface area (Å²) in [5.41, 5.74) is 6.04. The summed E-state index contributed by atoms with van der Waals surface area (Å²) >= 11 is 0. The van der Waals surface area contributed by atoms with E-state index >= 15 is 0 Å². The molecule has 0 amide bonds. The molecule has 152 valence electrons. The van der Waals surface area contributed by atoms with Gasteiger partial charge in [0.2, 0.25) is 10.0 Å². The number of rotatable bonds is 4. The number of sulfonamides is 1. The van der Waals surface area contributed by atoms with E-state index in [1.807, 2.05) is 0 Å². The lowest BCUT2D eigenvalue weighted by atomic mass is 10.2. The predicted molar refractivity (Wildman–Crippen MR) is 102 cm³/mol. The maximum atomic E-state index is 12.0. The van der Waals surface area contributed by atoms with Crippen LogP contribution >= 0.6 is 0 Å². The number of hydrogen-bond donors (Lipinski definition) is 5. The van der Waals surface area contributed by atoms with Gasteiger partial charge in [-0.2, -0.15) is 8.42 Å². The third-order valence-corrected chi connectivity index (χ3v) is 3.69. The Kier molecular flexibility index (Phi) is 7.63. The number of nitrogens with one attached hydrogen (secondary N) is 2. The number of guanidine groups is 1. The molecule has 0 bridgehead atoms. The minimum absolute atomic E-state index is 0.0723. The van der Waals surface area contributed by atoms with Gasteiger partial charge in [-0.3, -0.25) is 9.96 Å². The smallest absolute Gasteiger partial charge is 0.343 e. The largest absolute Gasteiger partial charge is 0.423 e. The number of hydrogen-bond acceptors (Lipinski definition) is 7. The van der Waals surface area contributed by atoms with Crippen LogP contribution < -0.4 is 20.9 Å². The predicted octanol–water partition coefficient (Wildman–Crippen LogP) is 0.363. The van der Waals surface area contributed by atoms with Gasteiger partial charge in [-0.1, -0.05) is 0 Å². The first kappa shape index (κ1) is 23.0. The second-order valence-electron chi connectivity index (χ2n) is 5.25. The molecule has 13 heteroatoms. The van der Waals surface area contributed by atoms with Gasteiger partial charge in [0.1, 0.15) is 5.75 Å². The van der Waals surface area contributed by atoms with Crippen molar-refractivity contribution in [1.29, 1.82) is 5.41 Å². The Balaban J connectivity index is 0.000000696. The number of nitrogens with two attached hydrogens (primary N) is 2. The van der Waals surface area contributed by atoms with Gasteiger partial charge in [-0.05, 0) is 48.5 Å². The van der Waals surface area contributed by atoms with Crippen molar-refractivity contribution < 1.29 is 30.9 Å². The molecule has 0 aliphatic heterocycles. The molecular formula is C15H18N4O7S2. The Morgan fingerprint density at radius 3 is 1.89 bits per heavy atom. The van der Waals surface area contributed by atoms with Gasteiger partial charge >= 0.3 is 5.97 Å². The highest BCUT2D eigenvalue weighted by molar-refractivity contribution is 7.89. The van der Waals surface area contributed by atoms with Gasteiger partial charge in [-0.25, -0.2) is 18.4 Å². The fourth-order valence-electron chi connectivity index (χ4n) is 1.71. The maximum absolute atomic E-state index is 12.0. The van der Waals surface area contributed by atoms with Gasteiger partial charge in [0, 0.05) is 5.69 Å². The van der Waals surface area contributed by atoms with Crippen LogP contribution in [0.1, 0.15) is 10.4 Å². The van der Waals surface area contributed by atoms with Crippen LogP contribution in [0.25, 0.3) is 0 Å². The fourth-order valence-corrected chi connectivity index (χ4v) is 2.22. The normalized spacial score (nSPS) is 11.0. The highest BCUT2D eigenvalue weighted by Crippen LogP contribution is 2.17. The summed E-state index contributed by atoms with van der Waals surface area (Å²) in [6.07, 6.45) is 0.715. The second-order valence-corrected chi connectivity index (χ2v) is 8.28. The number of anilines is 1. The average molecular weight is 430 g/mol. The molecule has 28 heavy (non-hydrogen) atoms. The number of ether oxygens (including phenoxy) is 1. The molecule has 0 fully saturated rings. The first-order valence-electron chi connectivity index (χ1n) is 7.24. The number of carbonyl (C=O) groups is 1. The number of benzene rings is 2. The lowest BCUT2D eigenvalue weighted by Gasteiger charge is -2.07. The molecule has 11 nitrogen and oxygen atoms in total. The summed E-state index contributed by atoms with van der Waals surface area (Å²) in [4.78, 5) is 11.9. The van der Waals surface area contributed by atoms with Crippen molar-refractivity contribution in [2.75, 3.05) is 11.6 Å². The first-order chi connectivity index (χ1) is 12.8. The molecular weight excluding hydrogens is 412 g/mol. The summed E-state index contributed by atoms with van der Waals surface area (Å²) < 4.78 is 53.3. The molecule has 0 aliphatic rings. The molecule has 0 unspecified atom stereocenters. The first-order valence-corrected chi connectivity index (χ1v) is 10.6. The topological polar surface area (TPSA) is 203 Å². The molecule has 0 aromatic heterocycles. The van der Waals surface area contributed by atoms with Gasteiger partial charge in [0.15, 0.2) is 5.96 Å². The van der Waals surface area contributed by atoms with Gasteiger partial charge in [-0.15, -0.1) is 0 Å². The Morgan fingerprint density at radius 2 is 1.50 bits per heavy atom. The quantitative estimate of drug-likeness (QED) is 0.149. The molecule has 0 heterocycles. The van der Waals surface area contributed by atoms with Crippen LogP contribution in [0.4, 0.5) is 5.69 Å². The summed E-state index contributed by atoms with van der Waals surface area (Å²) in [6.45, 7) is 0. The number of primary sulfonamides is 1. The molecule has 2 aromatic rings. The summed E-state index contributed by atoms with van der Waals surface area (Å²) in [5, 5.41) is 14.7. The zero-order valence-corrected chi connectivity index (χ0v) is 16.1. The summed E-state index contributed by atoms with van der Waals surface area (Å²) in [5.74, 6) is -0.633. The zero-order valence-electron chi connectivity index (χ0n) is 14.5. The van der Waals surface area contributed by atoms with Crippen molar-refractivity contribution in [3.63, 3.8) is 0 Å². The molecule has 0 aliphatic carbocycles. The molecule has 0 spiro atoms. The Hall–Kier alpha value is -3.00. The van der Waals surface area contributed by atoms with E-state index in [2.05, 4.69) is 5.32 Å². The van der Waals surface area contributed by atoms with E-state index in [1.54, 1.807) is 12.1 Å². The van der Waals surface area contributed by atoms with Crippen molar-refractivity contribution >= 4 is 37.8 Å².